The van der Waals surface area contributed by atoms with E-state index < -0.39 is 10.8 Å². The minimum atomic E-state index is -0.525. The number of hydrogen-bond donors (Lipinski definition) is 1. The molecule has 7 nitrogen and oxygen atoms in total. The highest BCUT2D eigenvalue weighted by Gasteiger charge is 2.22. The highest BCUT2D eigenvalue weighted by molar-refractivity contribution is 6.05. The number of likely N-dealkylation sites (tertiary alicyclic amines) is 1. The molecular formula is C21H21N3O4. The third-order valence-corrected chi connectivity index (χ3v) is 4.57. The maximum absolute atomic E-state index is 13.0. The van der Waals surface area contributed by atoms with Crippen LogP contribution in [0.3, 0.4) is 0 Å². The average molecular weight is 379 g/mol. The Morgan fingerprint density at radius 2 is 1.61 bits per heavy atom. The van der Waals surface area contributed by atoms with Crippen molar-refractivity contribution in [3.05, 3.63) is 81.5 Å². The molecule has 0 spiro atoms. The lowest BCUT2D eigenvalue weighted by Crippen LogP contribution is -2.41. The second kappa shape index (κ2) is 8.94. The standard InChI is InChI=1S/C21H21N3O4/c25-20(17-9-11-18(12-10-17)24(27)28)22-19(15-16-7-3-1-4-8-16)21(26)23-13-5-2-6-14-23/h1,3-4,7-12,15H,2,5-6,13-14H2,(H,22,25). The molecule has 3 rings (SSSR count). The van der Waals surface area contributed by atoms with Crippen molar-refractivity contribution in [3.63, 3.8) is 0 Å². The van der Waals surface area contributed by atoms with Gasteiger partial charge in [-0.1, -0.05) is 30.3 Å². The summed E-state index contributed by atoms with van der Waals surface area (Å²) in [4.78, 5) is 37.6. The van der Waals surface area contributed by atoms with Gasteiger partial charge < -0.3 is 10.2 Å². The number of non-ortho nitro benzene ring substituents is 1. The van der Waals surface area contributed by atoms with Crippen LogP contribution in [-0.4, -0.2) is 34.7 Å². The van der Waals surface area contributed by atoms with Gasteiger partial charge in [0.25, 0.3) is 17.5 Å². The van der Waals surface area contributed by atoms with Gasteiger partial charge in [0.05, 0.1) is 4.92 Å². The molecule has 0 aromatic heterocycles. The molecule has 1 saturated heterocycles. The fourth-order valence-electron chi connectivity index (χ4n) is 3.06. The Hall–Kier alpha value is -3.48. The van der Waals surface area contributed by atoms with E-state index >= 15 is 0 Å². The van der Waals surface area contributed by atoms with Crippen LogP contribution in [-0.2, 0) is 4.79 Å². The minimum Gasteiger partial charge on any atom is -0.337 e. The van der Waals surface area contributed by atoms with Gasteiger partial charge in [-0.15, -0.1) is 0 Å². The van der Waals surface area contributed by atoms with Crippen molar-refractivity contribution in [2.24, 2.45) is 0 Å². The molecule has 1 fully saturated rings. The van der Waals surface area contributed by atoms with E-state index in [0.29, 0.717) is 13.1 Å². The first-order valence-corrected chi connectivity index (χ1v) is 9.16. The maximum atomic E-state index is 13.0. The fourth-order valence-corrected chi connectivity index (χ4v) is 3.06. The summed E-state index contributed by atoms with van der Waals surface area (Å²) in [6, 6.07) is 14.6. The zero-order valence-corrected chi connectivity index (χ0v) is 15.3. The van der Waals surface area contributed by atoms with E-state index in [-0.39, 0.29) is 22.9 Å². The molecule has 0 aliphatic carbocycles. The molecule has 2 aromatic rings. The normalized spacial score (nSPS) is 14.4. The molecule has 1 aliphatic rings. The Labute approximate surface area is 162 Å². The fraction of sp³-hybridized carbons (Fsp3) is 0.238. The van der Waals surface area contributed by atoms with E-state index in [9.17, 15) is 19.7 Å². The van der Waals surface area contributed by atoms with Gasteiger partial charge in [-0.25, -0.2) is 0 Å². The molecular weight excluding hydrogens is 358 g/mol. The van der Waals surface area contributed by atoms with Gasteiger partial charge in [-0.2, -0.15) is 0 Å². The molecule has 0 bridgehead atoms. The van der Waals surface area contributed by atoms with Gasteiger partial charge in [-0.05, 0) is 43.0 Å². The molecule has 1 N–H and O–H groups in total. The number of nitro groups is 1. The van der Waals surface area contributed by atoms with Gasteiger partial charge in [0.15, 0.2) is 0 Å². The summed E-state index contributed by atoms with van der Waals surface area (Å²) in [7, 11) is 0. The first-order valence-electron chi connectivity index (χ1n) is 9.16. The lowest BCUT2D eigenvalue weighted by atomic mass is 10.1. The number of hydrogen-bond acceptors (Lipinski definition) is 4. The zero-order chi connectivity index (χ0) is 19.9. The quantitative estimate of drug-likeness (QED) is 0.490. The van der Waals surface area contributed by atoms with Crippen molar-refractivity contribution in [3.8, 4) is 0 Å². The largest absolute Gasteiger partial charge is 0.337 e. The number of amides is 2. The van der Waals surface area contributed by atoms with Crippen molar-refractivity contribution < 1.29 is 14.5 Å². The van der Waals surface area contributed by atoms with Crippen LogP contribution >= 0.6 is 0 Å². The molecule has 28 heavy (non-hydrogen) atoms. The highest BCUT2D eigenvalue weighted by Crippen LogP contribution is 2.16. The minimum absolute atomic E-state index is 0.0963. The Morgan fingerprint density at radius 1 is 0.964 bits per heavy atom. The van der Waals surface area contributed by atoms with E-state index in [1.54, 1.807) is 11.0 Å². The molecule has 2 aromatic carbocycles. The first kappa shape index (κ1) is 19.3. The van der Waals surface area contributed by atoms with Crippen molar-refractivity contribution in [2.45, 2.75) is 19.3 Å². The third-order valence-electron chi connectivity index (χ3n) is 4.57. The molecule has 7 heteroatoms. The molecule has 1 aliphatic heterocycles. The summed E-state index contributed by atoms with van der Waals surface area (Å²) in [6.45, 7) is 1.33. The molecule has 0 saturated carbocycles. The van der Waals surface area contributed by atoms with Crippen LogP contribution in [0.1, 0.15) is 35.2 Å². The number of carbonyl (C=O) groups is 2. The summed E-state index contributed by atoms with van der Waals surface area (Å²) in [5.41, 5.74) is 1.14. The second-order valence-corrected chi connectivity index (χ2v) is 6.58. The Morgan fingerprint density at radius 3 is 2.21 bits per heavy atom. The number of nitro benzene ring substituents is 1. The number of nitrogens with one attached hydrogen (secondary N) is 1. The van der Waals surface area contributed by atoms with Crippen LogP contribution in [0, 0.1) is 10.1 Å². The van der Waals surface area contributed by atoms with E-state index in [1.807, 2.05) is 30.3 Å². The smallest absolute Gasteiger partial charge is 0.270 e. The highest BCUT2D eigenvalue weighted by atomic mass is 16.6. The number of rotatable bonds is 5. The lowest BCUT2D eigenvalue weighted by Gasteiger charge is -2.27. The summed E-state index contributed by atoms with van der Waals surface area (Å²) < 4.78 is 0. The van der Waals surface area contributed by atoms with Crippen molar-refractivity contribution in [2.75, 3.05) is 13.1 Å². The average Bonchev–Trinajstić information content (AvgIpc) is 2.74. The monoisotopic (exact) mass is 379 g/mol. The van der Waals surface area contributed by atoms with Crippen LogP contribution in [0.4, 0.5) is 5.69 Å². The van der Waals surface area contributed by atoms with Gasteiger partial charge in [0.1, 0.15) is 5.70 Å². The number of piperidine rings is 1. The van der Waals surface area contributed by atoms with Crippen molar-refractivity contribution in [1.29, 1.82) is 0 Å². The van der Waals surface area contributed by atoms with Crippen LogP contribution in [0.5, 0.6) is 0 Å². The summed E-state index contributed by atoms with van der Waals surface area (Å²) >= 11 is 0. The number of benzene rings is 2. The molecule has 0 atom stereocenters. The van der Waals surface area contributed by atoms with Gasteiger partial charge in [0.2, 0.25) is 0 Å². The van der Waals surface area contributed by atoms with Gasteiger partial charge in [-0.3, -0.25) is 19.7 Å². The molecule has 144 valence electrons. The molecule has 0 radical (unpaired) electrons. The number of carbonyl (C=O) groups excluding carboxylic acids is 2. The Kier molecular flexibility index (Phi) is 6.16. The van der Waals surface area contributed by atoms with Crippen molar-refractivity contribution >= 4 is 23.6 Å². The predicted molar refractivity (Wildman–Crippen MR) is 105 cm³/mol. The van der Waals surface area contributed by atoms with Crippen LogP contribution in [0.25, 0.3) is 6.08 Å². The van der Waals surface area contributed by atoms with Crippen LogP contribution in [0.15, 0.2) is 60.3 Å². The topological polar surface area (TPSA) is 92.6 Å². The Balaban J connectivity index is 1.83. The predicted octanol–water partition coefficient (Wildman–Crippen LogP) is 3.38. The summed E-state index contributed by atoms with van der Waals surface area (Å²) in [6.07, 6.45) is 4.64. The SMILES string of the molecule is O=C(NC(=Cc1ccccc1)C(=O)N1CCCCC1)c1ccc([N+](=O)[O-])cc1. The van der Waals surface area contributed by atoms with E-state index in [0.717, 1.165) is 24.8 Å². The molecule has 2 amide bonds. The Bertz CT molecular complexity index is 886. The van der Waals surface area contributed by atoms with Crippen molar-refractivity contribution in [1.82, 2.24) is 10.2 Å². The number of nitrogens with zero attached hydrogens (tertiary/aromatic N) is 2. The lowest BCUT2D eigenvalue weighted by molar-refractivity contribution is -0.384. The zero-order valence-electron chi connectivity index (χ0n) is 15.3. The summed E-state index contributed by atoms with van der Waals surface area (Å²) in [5, 5.41) is 13.5. The van der Waals surface area contributed by atoms with Gasteiger partial charge >= 0.3 is 0 Å². The van der Waals surface area contributed by atoms with Gasteiger partial charge in [0, 0.05) is 30.8 Å². The van der Waals surface area contributed by atoms with Crippen LogP contribution in [0.2, 0.25) is 0 Å². The second-order valence-electron chi connectivity index (χ2n) is 6.58. The molecule has 0 unspecified atom stereocenters. The molecule has 1 heterocycles. The first-order chi connectivity index (χ1) is 13.5. The maximum Gasteiger partial charge on any atom is 0.270 e. The van der Waals surface area contributed by atoms with E-state index in [1.165, 1.54) is 24.3 Å². The third kappa shape index (κ3) is 4.82. The van der Waals surface area contributed by atoms with Crippen LogP contribution < -0.4 is 5.32 Å². The summed E-state index contributed by atoms with van der Waals surface area (Å²) in [5.74, 6) is -0.707. The van der Waals surface area contributed by atoms with E-state index in [2.05, 4.69) is 5.32 Å². The van der Waals surface area contributed by atoms with E-state index in [4.69, 9.17) is 0 Å².